The van der Waals surface area contributed by atoms with Gasteiger partial charge in [-0.1, -0.05) is 13.0 Å². The van der Waals surface area contributed by atoms with Crippen molar-refractivity contribution in [3.63, 3.8) is 0 Å². The number of carbonyl (C=O) groups excluding carboxylic acids is 1. The Morgan fingerprint density at radius 1 is 1.32 bits per heavy atom. The van der Waals surface area contributed by atoms with E-state index in [4.69, 9.17) is 20.6 Å². The lowest BCUT2D eigenvalue weighted by atomic mass is 9.79. The number of imidazole rings is 1. The molecule has 41 heavy (non-hydrogen) atoms. The fourth-order valence-corrected chi connectivity index (χ4v) is 4.90. The van der Waals surface area contributed by atoms with Crippen LogP contribution in [0.25, 0.3) is 11.0 Å². The number of H-pyrrole nitrogens is 1. The molecule has 1 saturated heterocycles. The van der Waals surface area contributed by atoms with Gasteiger partial charge >= 0.3 is 6.18 Å². The molecule has 3 aromatic heterocycles. The van der Waals surface area contributed by atoms with E-state index in [0.29, 0.717) is 16.0 Å². The van der Waals surface area contributed by atoms with E-state index < -0.39 is 35.2 Å². The van der Waals surface area contributed by atoms with E-state index in [1.807, 2.05) is 0 Å². The van der Waals surface area contributed by atoms with Crippen molar-refractivity contribution in [2.24, 2.45) is 11.7 Å². The number of aromatic amines is 1. The molecule has 4 aromatic rings. The van der Waals surface area contributed by atoms with Gasteiger partial charge in [0.15, 0.2) is 22.2 Å². The fourth-order valence-electron chi connectivity index (χ4n) is 4.37. The molecule has 16 heteroatoms. The van der Waals surface area contributed by atoms with Crippen LogP contribution in [0.1, 0.15) is 40.8 Å². The number of amidine groups is 1. The number of anilines is 1. The van der Waals surface area contributed by atoms with Gasteiger partial charge in [0.1, 0.15) is 22.9 Å². The lowest BCUT2D eigenvalue weighted by Crippen LogP contribution is -2.46. The van der Waals surface area contributed by atoms with Gasteiger partial charge in [-0.2, -0.15) is 17.6 Å². The number of hydrogen-bond donors (Lipinski definition) is 4. The number of alkyl halides is 3. The van der Waals surface area contributed by atoms with Gasteiger partial charge in [0, 0.05) is 35.0 Å². The van der Waals surface area contributed by atoms with Gasteiger partial charge in [0.05, 0.1) is 25.6 Å². The summed E-state index contributed by atoms with van der Waals surface area (Å²) in [6.07, 6.45) is -1.52. The molecule has 0 saturated carbocycles. The topological polar surface area (TPSA) is 152 Å². The zero-order valence-corrected chi connectivity index (χ0v) is 22.6. The second-order valence-corrected chi connectivity index (χ2v) is 10.0. The predicted octanol–water partition coefficient (Wildman–Crippen LogP) is 5.00. The average Bonchev–Trinajstić information content (AvgIpc) is 3.67. The molecule has 5 rings (SSSR count). The second-order valence-electron chi connectivity index (χ2n) is 9.15. The van der Waals surface area contributed by atoms with Crippen molar-refractivity contribution < 1.29 is 36.2 Å². The fraction of sp³-hybridized carbons (Fsp3) is 0.320. The maximum absolute atomic E-state index is 13.7. The predicted molar refractivity (Wildman–Crippen MR) is 140 cm³/mol. The first-order valence-electron chi connectivity index (χ1n) is 11.9. The van der Waals surface area contributed by atoms with Crippen LogP contribution >= 0.6 is 11.3 Å². The largest absolute Gasteiger partial charge is 0.493 e. The number of nitrogen functional groups attached to an aromatic ring is 1. The lowest BCUT2D eigenvalue weighted by molar-refractivity contribution is -0.266. The van der Waals surface area contributed by atoms with Gasteiger partial charge in [-0.3, -0.25) is 10.2 Å². The summed E-state index contributed by atoms with van der Waals surface area (Å²) in [6.45, 7) is 2.11. The first kappa shape index (κ1) is 29.8. The van der Waals surface area contributed by atoms with Crippen LogP contribution in [-0.2, 0) is 4.74 Å². The van der Waals surface area contributed by atoms with Crippen LogP contribution in [0, 0.1) is 23.0 Å². The highest BCUT2D eigenvalue weighted by atomic mass is 32.1. The molecule has 1 amide bonds. The van der Waals surface area contributed by atoms with Crippen molar-refractivity contribution in [2.75, 3.05) is 19.0 Å². The number of fused-ring (bicyclic) bond motifs is 1. The summed E-state index contributed by atoms with van der Waals surface area (Å²) < 4.78 is 76.0. The number of hydrogen-bond acceptors (Lipinski definition) is 8. The number of aromatic nitrogens is 4. The molecule has 1 aliphatic rings. The van der Waals surface area contributed by atoms with Crippen molar-refractivity contribution in [3.05, 3.63) is 64.0 Å². The minimum atomic E-state index is -4.55. The number of rotatable bonds is 5. The Hall–Kier alpha value is -4.18. The first-order valence-corrected chi connectivity index (χ1v) is 12.8. The van der Waals surface area contributed by atoms with Crippen molar-refractivity contribution >= 4 is 39.9 Å². The highest BCUT2D eigenvalue weighted by Gasteiger charge is 2.61. The number of nitrogens with two attached hydrogens (primary N) is 1. The Bertz CT molecular complexity index is 1580. The van der Waals surface area contributed by atoms with E-state index in [1.54, 1.807) is 17.6 Å². The van der Waals surface area contributed by atoms with E-state index in [0.717, 1.165) is 20.1 Å². The summed E-state index contributed by atoms with van der Waals surface area (Å²) in [5.41, 5.74) is 4.68. The van der Waals surface area contributed by atoms with Crippen molar-refractivity contribution in [1.29, 1.82) is 5.41 Å². The van der Waals surface area contributed by atoms with Gasteiger partial charge in [-0.15, -0.1) is 11.3 Å². The molecule has 1 aliphatic heterocycles. The van der Waals surface area contributed by atoms with Crippen LogP contribution in [0.5, 0.6) is 5.75 Å². The maximum Gasteiger partial charge on any atom is 0.417 e. The lowest BCUT2D eigenvalue weighted by Gasteiger charge is -2.32. The van der Waals surface area contributed by atoms with Crippen molar-refractivity contribution in [2.45, 2.75) is 31.5 Å². The molecule has 1 aromatic carbocycles. The molecule has 2 unspecified atom stereocenters. The van der Waals surface area contributed by atoms with Crippen LogP contribution < -0.4 is 15.8 Å². The molecule has 218 valence electrons. The Morgan fingerprint density at radius 3 is 2.63 bits per heavy atom. The first-order chi connectivity index (χ1) is 19.3. The van der Waals surface area contributed by atoms with Gasteiger partial charge < -0.3 is 25.5 Å². The van der Waals surface area contributed by atoms with Crippen molar-refractivity contribution in [1.82, 2.24) is 19.9 Å². The summed E-state index contributed by atoms with van der Waals surface area (Å²) in [5.74, 6) is -4.68. The Labute approximate surface area is 233 Å². The number of halogens is 5. The third-order valence-corrected chi connectivity index (χ3v) is 7.58. The summed E-state index contributed by atoms with van der Waals surface area (Å²) in [5, 5.41) is 12.2. The third-order valence-electron chi connectivity index (χ3n) is 6.81. The minimum absolute atomic E-state index is 0.178. The smallest absolute Gasteiger partial charge is 0.417 e. The van der Waals surface area contributed by atoms with Crippen LogP contribution in [0.3, 0.4) is 0 Å². The number of pyridine rings is 1. The molecular weight excluding hydrogens is 573 g/mol. The molecule has 0 bridgehead atoms. The van der Waals surface area contributed by atoms with Crippen LogP contribution in [-0.4, -0.2) is 57.2 Å². The number of amides is 1. The highest BCUT2D eigenvalue weighted by Crippen LogP contribution is 2.51. The molecule has 3 atom stereocenters. The SMILES string of the molecule is COc1c(C2CO[C@@](C)(C(F)(F)F)C2C)ccc(F)c1F.N=C(N)c1nc(NC(=O)c2nccs2)cc2[nH]cnc12. The van der Waals surface area contributed by atoms with Crippen molar-refractivity contribution in [3.8, 4) is 5.75 Å². The van der Waals surface area contributed by atoms with Gasteiger partial charge in [0.25, 0.3) is 5.91 Å². The molecule has 5 N–H and O–H groups in total. The van der Waals surface area contributed by atoms with Gasteiger partial charge in [0.2, 0.25) is 5.82 Å². The van der Waals surface area contributed by atoms with Crippen LogP contribution in [0.15, 0.2) is 36.1 Å². The van der Waals surface area contributed by atoms with E-state index in [2.05, 4.69) is 25.3 Å². The number of nitrogens with zero attached hydrogens (tertiary/aromatic N) is 3. The Balaban J connectivity index is 0.000000189. The summed E-state index contributed by atoms with van der Waals surface area (Å²) >= 11 is 1.23. The highest BCUT2D eigenvalue weighted by molar-refractivity contribution is 7.11. The van der Waals surface area contributed by atoms with E-state index >= 15 is 0 Å². The number of nitrogens with one attached hydrogen (secondary N) is 3. The number of ether oxygens (including phenoxy) is 2. The number of thiazole rings is 1. The second kappa shape index (κ2) is 11.4. The molecule has 1 fully saturated rings. The standard InChI is InChI=1S/C14H15F5O2.C11H9N7OS/c1-7-9(6-21-13(7,2)14(17,18)19)8-4-5-10(15)11(16)12(8)20-3;12-9(13)8-7-5(15-4-16-7)3-6(17-8)18-10(19)11-14-1-2-20-11/h4-5,7,9H,6H2,1-3H3;1-4H,(H3,12,13)(H,15,16)(H,17,18,19)/t7?,9?,13-;/m1./s1. The van der Waals surface area contributed by atoms with Crippen LogP contribution in [0.4, 0.5) is 27.8 Å². The molecular formula is C25H24F5N7O3S. The summed E-state index contributed by atoms with van der Waals surface area (Å²) in [7, 11) is 1.14. The third kappa shape index (κ3) is 5.69. The van der Waals surface area contributed by atoms with Crippen LogP contribution in [0.2, 0.25) is 0 Å². The van der Waals surface area contributed by atoms with E-state index in [1.165, 1.54) is 30.7 Å². The average molecular weight is 598 g/mol. The molecule has 0 radical (unpaired) electrons. The van der Waals surface area contributed by atoms with Gasteiger partial charge in [-0.05, 0) is 13.0 Å². The zero-order valence-electron chi connectivity index (χ0n) is 21.8. The minimum Gasteiger partial charge on any atom is -0.493 e. The molecule has 10 nitrogen and oxygen atoms in total. The molecule has 0 spiro atoms. The van der Waals surface area contributed by atoms with E-state index in [9.17, 15) is 26.7 Å². The monoisotopic (exact) mass is 597 g/mol. The summed E-state index contributed by atoms with van der Waals surface area (Å²) in [6, 6.07) is 3.74. The Kier molecular flexibility index (Phi) is 8.26. The molecule has 4 heterocycles. The zero-order chi connectivity index (χ0) is 30.1. The van der Waals surface area contributed by atoms with E-state index in [-0.39, 0.29) is 41.2 Å². The summed E-state index contributed by atoms with van der Waals surface area (Å²) in [4.78, 5) is 26.9. The number of benzene rings is 1. The van der Waals surface area contributed by atoms with Gasteiger partial charge in [-0.25, -0.2) is 19.3 Å². The number of methoxy groups -OCH3 is 1. The number of carbonyl (C=O) groups is 1. The maximum atomic E-state index is 13.7. The molecule has 0 aliphatic carbocycles. The Morgan fingerprint density at radius 2 is 2.05 bits per heavy atom. The quantitative estimate of drug-likeness (QED) is 0.144. The normalized spacial score (nSPS) is 20.4.